The zero-order chi connectivity index (χ0) is 19.8. The molecule has 2 saturated carbocycles. The number of thioether (sulfide) groups is 1. The van der Waals surface area contributed by atoms with Crippen LogP contribution in [0, 0.1) is 11.8 Å². The van der Waals surface area contributed by atoms with E-state index >= 15 is 0 Å². The summed E-state index contributed by atoms with van der Waals surface area (Å²) in [6.45, 7) is 0.615. The van der Waals surface area contributed by atoms with Crippen LogP contribution in [0.2, 0.25) is 0 Å². The Hall–Kier alpha value is -2.27. The molecular weight excluding hydrogens is 380 g/mol. The molecule has 5 rings (SSSR count). The Labute approximate surface area is 176 Å². The number of carbonyl (C=O) groups is 2. The molecule has 150 valence electrons. The highest BCUT2D eigenvalue weighted by atomic mass is 32.2. The summed E-state index contributed by atoms with van der Waals surface area (Å²) in [5.74, 6) is 2.20. The van der Waals surface area contributed by atoms with Gasteiger partial charge in [-0.15, -0.1) is 11.8 Å². The van der Waals surface area contributed by atoms with Gasteiger partial charge in [0.25, 0.3) is 5.91 Å². The predicted molar refractivity (Wildman–Crippen MR) is 115 cm³/mol. The molecule has 1 saturated heterocycles. The Morgan fingerprint density at radius 2 is 1.83 bits per heavy atom. The minimum Gasteiger partial charge on any atom is -0.349 e. The molecule has 0 unspecified atom stereocenters. The highest BCUT2D eigenvalue weighted by Crippen LogP contribution is 2.44. The quantitative estimate of drug-likeness (QED) is 0.802. The number of nitrogens with one attached hydrogen (secondary N) is 1. The lowest BCUT2D eigenvalue weighted by atomic mass is 9.95. The van der Waals surface area contributed by atoms with Crippen molar-refractivity contribution in [2.24, 2.45) is 11.8 Å². The van der Waals surface area contributed by atoms with Crippen LogP contribution >= 0.6 is 11.8 Å². The second-order valence-electron chi connectivity index (χ2n) is 8.55. The van der Waals surface area contributed by atoms with E-state index in [-0.39, 0.29) is 17.2 Å². The number of fused-ring (bicyclic) bond motifs is 2. The molecule has 5 heteroatoms. The highest BCUT2D eigenvalue weighted by Gasteiger charge is 2.40. The van der Waals surface area contributed by atoms with Gasteiger partial charge in [0.05, 0.1) is 5.75 Å². The Morgan fingerprint density at radius 3 is 2.52 bits per heavy atom. The molecule has 2 bridgehead atoms. The van der Waals surface area contributed by atoms with Gasteiger partial charge in [0.1, 0.15) is 5.37 Å². The van der Waals surface area contributed by atoms with Gasteiger partial charge in [0, 0.05) is 18.2 Å². The van der Waals surface area contributed by atoms with Crippen molar-refractivity contribution in [2.75, 3.05) is 5.75 Å². The first-order valence-corrected chi connectivity index (χ1v) is 11.6. The third-order valence-corrected chi connectivity index (χ3v) is 7.93. The van der Waals surface area contributed by atoms with Gasteiger partial charge in [-0.2, -0.15) is 0 Å². The average molecular weight is 407 g/mol. The van der Waals surface area contributed by atoms with E-state index in [0.29, 0.717) is 29.8 Å². The summed E-state index contributed by atoms with van der Waals surface area (Å²) in [5, 5.41) is 3.26. The van der Waals surface area contributed by atoms with Crippen LogP contribution in [-0.4, -0.2) is 28.5 Å². The minimum absolute atomic E-state index is 0.00499. The number of rotatable bonds is 5. The van der Waals surface area contributed by atoms with E-state index in [0.717, 1.165) is 23.5 Å². The molecular formula is C24H26N2O2S. The highest BCUT2D eigenvalue weighted by molar-refractivity contribution is 8.00. The molecule has 0 aromatic heterocycles. The zero-order valence-corrected chi connectivity index (χ0v) is 17.2. The average Bonchev–Trinajstić information content (AvgIpc) is 3.46. The minimum atomic E-state index is 0.00499. The molecule has 2 aromatic rings. The van der Waals surface area contributed by atoms with Crippen molar-refractivity contribution in [3.8, 4) is 0 Å². The van der Waals surface area contributed by atoms with Crippen molar-refractivity contribution in [1.29, 1.82) is 0 Å². The Balaban J connectivity index is 1.26. The van der Waals surface area contributed by atoms with Crippen molar-refractivity contribution in [3.63, 3.8) is 0 Å². The number of hydrogen-bond donors (Lipinski definition) is 1. The van der Waals surface area contributed by atoms with Gasteiger partial charge in [0.15, 0.2) is 0 Å². The van der Waals surface area contributed by atoms with Crippen LogP contribution in [0.5, 0.6) is 0 Å². The van der Waals surface area contributed by atoms with E-state index in [9.17, 15) is 9.59 Å². The van der Waals surface area contributed by atoms with Crippen molar-refractivity contribution >= 4 is 23.6 Å². The SMILES string of the molecule is O=C(N[C@@H]1C[C@H]2CC[C@H]1C2)c1ccc([C@H]2SCC(=O)N2Cc2ccccc2)cc1. The van der Waals surface area contributed by atoms with Crippen molar-refractivity contribution < 1.29 is 9.59 Å². The fraction of sp³-hybridized carbons (Fsp3) is 0.417. The summed E-state index contributed by atoms with van der Waals surface area (Å²) in [4.78, 5) is 27.1. The number of carbonyl (C=O) groups excluding carboxylic acids is 2. The summed E-state index contributed by atoms with van der Waals surface area (Å²) in [7, 11) is 0. The Morgan fingerprint density at radius 1 is 1.03 bits per heavy atom. The van der Waals surface area contributed by atoms with Gasteiger partial charge in [-0.05, 0) is 54.4 Å². The normalized spacial score (nSPS) is 28.1. The summed E-state index contributed by atoms with van der Waals surface area (Å²) < 4.78 is 0. The maximum absolute atomic E-state index is 12.7. The molecule has 4 nitrogen and oxygen atoms in total. The molecule has 0 spiro atoms. The molecule has 2 aliphatic carbocycles. The van der Waals surface area contributed by atoms with Gasteiger partial charge >= 0.3 is 0 Å². The largest absolute Gasteiger partial charge is 0.349 e. The van der Waals surface area contributed by atoms with E-state index in [4.69, 9.17) is 0 Å². The summed E-state index contributed by atoms with van der Waals surface area (Å²) in [6.07, 6.45) is 5.03. The van der Waals surface area contributed by atoms with Crippen LogP contribution in [-0.2, 0) is 11.3 Å². The van der Waals surface area contributed by atoms with Crippen LogP contribution < -0.4 is 5.32 Å². The van der Waals surface area contributed by atoms with Crippen LogP contribution in [0.3, 0.4) is 0 Å². The molecule has 1 N–H and O–H groups in total. The maximum atomic E-state index is 12.7. The standard InChI is InChI=1S/C24H26N2O2S/c27-22-15-29-24(26(22)14-16-4-2-1-3-5-16)19-10-8-18(9-11-19)23(28)25-21-13-17-6-7-20(21)12-17/h1-5,8-11,17,20-21,24H,6-7,12-15H2,(H,25,28)/t17-,20-,21+,24+/m0/s1. The van der Waals surface area contributed by atoms with Crippen LogP contribution in [0.1, 0.15) is 52.5 Å². The topological polar surface area (TPSA) is 49.4 Å². The molecule has 2 aromatic carbocycles. The monoisotopic (exact) mass is 406 g/mol. The first-order valence-electron chi connectivity index (χ1n) is 10.5. The lowest BCUT2D eigenvalue weighted by Gasteiger charge is -2.25. The maximum Gasteiger partial charge on any atom is 0.251 e. The van der Waals surface area contributed by atoms with Crippen LogP contribution in [0.15, 0.2) is 54.6 Å². The molecule has 0 radical (unpaired) electrons. The van der Waals surface area contributed by atoms with Crippen LogP contribution in [0.4, 0.5) is 0 Å². The number of amides is 2. The Bertz CT molecular complexity index is 899. The third-order valence-electron chi connectivity index (χ3n) is 6.68. The van der Waals surface area contributed by atoms with Crippen molar-refractivity contribution in [3.05, 3.63) is 71.3 Å². The van der Waals surface area contributed by atoms with Crippen LogP contribution in [0.25, 0.3) is 0 Å². The van der Waals surface area contributed by atoms with E-state index in [1.54, 1.807) is 11.8 Å². The van der Waals surface area contributed by atoms with Gasteiger partial charge in [0.2, 0.25) is 5.91 Å². The molecule has 1 aliphatic heterocycles. The molecule has 3 aliphatic rings. The fourth-order valence-electron chi connectivity index (χ4n) is 5.15. The Kier molecular flexibility index (Phi) is 5.08. The predicted octanol–water partition coefficient (Wildman–Crippen LogP) is 4.38. The second-order valence-corrected chi connectivity index (χ2v) is 9.62. The lowest BCUT2D eigenvalue weighted by molar-refractivity contribution is -0.128. The van der Waals surface area contributed by atoms with E-state index in [1.165, 1.54) is 19.3 Å². The summed E-state index contributed by atoms with van der Waals surface area (Å²) in [6, 6.07) is 18.3. The first kappa shape index (κ1) is 18.7. The molecule has 3 fully saturated rings. The molecule has 1 heterocycles. The van der Waals surface area contributed by atoms with Gasteiger partial charge in [-0.3, -0.25) is 9.59 Å². The van der Waals surface area contributed by atoms with Gasteiger partial charge < -0.3 is 10.2 Å². The third kappa shape index (κ3) is 3.80. The summed E-state index contributed by atoms with van der Waals surface area (Å²) in [5.41, 5.74) is 2.92. The smallest absolute Gasteiger partial charge is 0.251 e. The van der Waals surface area contributed by atoms with Gasteiger partial charge in [-0.25, -0.2) is 0 Å². The number of nitrogens with zero attached hydrogens (tertiary/aromatic N) is 1. The van der Waals surface area contributed by atoms with E-state index in [2.05, 4.69) is 17.4 Å². The van der Waals surface area contributed by atoms with Crippen molar-refractivity contribution in [1.82, 2.24) is 10.2 Å². The number of hydrogen-bond acceptors (Lipinski definition) is 3. The second kappa shape index (κ2) is 7.86. The lowest BCUT2D eigenvalue weighted by Crippen LogP contribution is -2.38. The first-order chi connectivity index (χ1) is 14.2. The van der Waals surface area contributed by atoms with Crippen molar-refractivity contribution in [2.45, 2.75) is 43.6 Å². The molecule has 2 amide bonds. The van der Waals surface area contributed by atoms with E-state index < -0.39 is 0 Å². The molecule has 4 atom stereocenters. The van der Waals surface area contributed by atoms with Gasteiger partial charge in [-0.1, -0.05) is 48.9 Å². The summed E-state index contributed by atoms with van der Waals surface area (Å²) >= 11 is 1.66. The number of benzene rings is 2. The van der Waals surface area contributed by atoms with E-state index in [1.807, 2.05) is 47.4 Å². The fourth-order valence-corrected chi connectivity index (χ4v) is 6.34. The molecule has 29 heavy (non-hydrogen) atoms. The zero-order valence-electron chi connectivity index (χ0n) is 16.4.